The summed E-state index contributed by atoms with van der Waals surface area (Å²) in [4.78, 5) is 0. The lowest BCUT2D eigenvalue weighted by Gasteiger charge is -2.14. The van der Waals surface area contributed by atoms with Crippen molar-refractivity contribution >= 4 is 0 Å². The van der Waals surface area contributed by atoms with Crippen molar-refractivity contribution in [1.82, 2.24) is 0 Å². The summed E-state index contributed by atoms with van der Waals surface area (Å²) in [7, 11) is 0. The summed E-state index contributed by atoms with van der Waals surface area (Å²) >= 11 is 0. The van der Waals surface area contributed by atoms with Gasteiger partial charge in [0.2, 0.25) is 0 Å². The first-order valence-corrected chi connectivity index (χ1v) is 5.55. The standard InChI is InChI=1S/C14H6F5NO/c15-9-2-4-12(16)11(6-9)10-3-1-8(7-20)5-13(10)21-14(17,18)19/h1-6H. The van der Waals surface area contributed by atoms with Crippen LogP contribution in [0.4, 0.5) is 22.0 Å². The van der Waals surface area contributed by atoms with Gasteiger partial charge in [-0.2, -0.15) is 5.26 Å². The molecule has 108 valence electrons. The second-order valence-electron chi connectivity index (χ2n) is 3.99. The van der Waals surface area contributed by atoms with E-state index in [-0.39, 0.29) is 11.1 Å². The summed E-state index contributed by atoms with van der Waals surface area (Å²) in [5.41, 5.74) is -0.795. The quantitative estimate of drug-likeness (QED) is 0.770. The number of nitriles is 1. The molecular formula is C14H6F5NO. The molecule has 0 amide bonds. The first-order chi connectivity index (χ1) is 9.80. The molecule has 0 saturated carbocycles. The van der Waals surface area contributed by atoms with Gasteiger partial charge in [-0.15, -0.1) is 13.2 Å². The highest BCUT2D eigenvalue weighted by Crippen LogP contribution is 2.36. The average Bonchev–Trinajstić information content (AvgIpc) is 2.40. The van der Waals surface area contributed by atoms with E-state index in [0.29, 0.717) is 0 Å². The number of halogens is 5. The van der Waals surface area contributed by atoms with Crippen LogP contribution in [0.1, 0.15) is 5.56 Å². The van der Waals surface area contributed by atoms with Gasteiger partial charge in [-0.25, -0.2) is 8.78 Å². The summed E-state index contributed by atoms with van der Waals surface area (Å²) in [6.45, 7) is 0. The van der Waals surface area contributed by atoms with Gasteiger partial charge in [0.15, 0.2) is 0 Å². The fraction of sp³-hybridized carbons (Fsp3) is 0.0714. The number of hydrogen-bond donors (Lipinski definition) is 0. The molecular weight excluding hydrogens is 293 g/mol. The molecule has 0 aromatic heterocycles. The summed E-state index contributed by atoms with van der Waals surface area (Å²) in [5, 5.41) is 8.70. The maximum absolute atomic E-state index is 13.7. The van der Waals surface area contributed by atoms with Crippen LogP contribution in [0.15, 0.2) is 36.4 Å². The van der Waals surface area contributed by atoms with Gasteiger partial charge in [0.25, 0.3) is 0 Å². The van der Waals surface area contributed by atoms with E-state index < -0.39 is 29.3 Å². The third-order valence-electron chi connectivity index (χ3n) is 2.55. The van der Waals surface area contributed by atoms with Crippen LogP contribution in [-0.2, 0) is 0 Å². The summed E-state index contributed by atoms with van der Waals surface area (Å²) in [6, 6.07) is 7.09. The topological polar surface area (TPSA) is 33.0 Å². The number of rotatable bonds is 2. The van der Waals surface area contributed by atoms with E-state index in [0.717, 1.165) is 30.3 Å². The normalized spacial score (nSPS) is 11.0. The molecule has 0 aliphatic rings. The molecule has 0 unspecified atom stereocenters. The fourth-order valence-corrected chi connectivity index (χ4v) is 1.73. The Morgan fingerprint density at radius 2 is 1.67 bits per heavy atom. The average molecular weight is 299 g/mol. The van der Waals surface area contributed by atoms with Crippen LogP contribution < -0.4 is 4.74 Å². The van der Waals surface area contributed by atoms with Gasteiger partial charge in [-0.05, 0) is 36.4 Å². The van der Waals surface area contributed by atoms with E-state index in [1.807, 2.05) is 0 Å². The highest BCUT2D eigenvalue weighted by Gasteiger charge is 2.32. The zero-order valence-corrected chi connectivity index (χ0v) is 10.2. The van der Waals surface area contributed by atoms with Crippen molar-refractivity contribution in [2.45, 2.75) is 6.36 Å². The predicted molar refractivity (Wildman–Crippen MR) is 63.2 cm³/mol. The maximum atomic E-state index is 13.7. The van der Waals surface area contributed by atoms with Crippen LogP contribution >= 0.6 is 0 Å². The minimum absolute atomic E-state index is 0.102. The molecule has 21 heavy (non-hydrogen) atoms. The Bertz CT molecular complexity index is 718. The lowest BCUT2D eigenvalue weighted by molar-refractivity contribution is -0.274. The van der Waals surface area contributed by atoms with Crippen LogP contribution in [0, 0.1) is 23.0 Å². The number of ether oxygens (including phenoxy) is 1. The van der Waals surface area contributed by atoms with Crippen molar-refractivity contribution in [3.63, 3.8) is 0 Å². The van der Waals surface area contributed by atoms with Crippen LogP contribution in [0.5, 0.6) is 5.75 Å². The van der Waals surface area contributed by atoms with Gasteiger partial charge >= 0.3 is 6.36 Å². The highest BCUT2D eigenvalue weighted by atomic mass is 19.4. The minimum atomic E-state index is -5.02. The highest BCUT2D eigenvalue weighted by molar-refractivity contribution is 5.72. The number of nitrogens with zero attached hydrogens (tertiary/aromatic N) is 1. The monoisotopic (exact) mass is 299 g/mol. The number of hydrogen-bond acceptors (Lipinski definition) is 2. The zero-order valence-electron chi connectivity index (χ0n) is 10.2. The molecule has 0 N–H and O–H groups in total. The van der Waals surface area contributed by atoms with E-state index in [9.17, 15) is 22.0 Å². The second kappa shape index (κ2) is 5.40. The molecule has 0 heterocycles. The molecule has 7 heteroatoms. The number of alkyl halides is 3. The molecule has 2 rings (SSSR count). The van der Waals surface area contributed by atoms with Crippen LogP contribution in [0.25, 0.3) is 11.1 Å². The first kappa shape index (κ1) is 14.8. The van der Waals surface area contributed by atoms with Crippen molar-refractivity contribution in [2.75, 3.05) is 0 Å². The molecule has 0 fully saturated rings. The molecule has 2 nitrogen and oxygen atoms in total. The van der Waals surface area contributed by atoms with Crippen molar-refractivity contribution in [3.8, 4) is 22.9 Å². The largest absolute Gasteiger partial charge is 0.573 e. The molecule has 0 atom stereocenters. The predicted octanol–water partition coefficient (Wildman–Crippen LogP) is 4.40. The molecule has 0 spiro atoms. The Labute approximate surface area is 116 Å². The SMILES string of the molecule is N#Cc1ccc(-c2cc(F)ccc2F)c(OC(F)(F)F)c1. The summed E-state index contributed by atoms with van der Waals surface area (Å²) in [6.07, 6.45) is -5.02. The molecule has 0 bridgehead atoms. The second-order valence-corrected chi connectivity index (χ2v) is 3.99. The van der Waals surface area contributed by atoms with Crippen LogP contribution in [-0.4, -0.2) is 6.36 Å². The van der Waals surface area contributed by atoms with E-state index in [2.05, 4.69) is 4.74 Å². The molecule has 2 aromatic rings. The van der Waals surface area contributed by atoms with E-state index in [1.54, 1.807) is 6.07 Å². The van der Waals surface area contributed by atoms with E-state index in [4.69, 9.17) is 5.26 Å². The van der Waals surface area contributed by atoms with Crippen molar-refractivity contribution < 1.29 is 26.7 Å². The Kier molecular flexibility index (Phi) is 3.80. The van der Waals surface area contributed by atoms with E-state index in [1.165, 1.54) is 6.07 Å². The third kappa shape index (κ3) is 3.48. The Morgan fingerprint density at radius 1 is 0.952 bits per heavy atom. The first-order valence-electron chi connectivity index (χ1n) is 5.55. The Hall–Kier alpha value is -2.62. The molecule has 0 aliphatic carbocycles. The minimum Gasteiger partial charge on any atom is -0.405 e. The fourth-order valence-electron chi connectivity index (χ4n) is 1.73. The van der Waals surface area contributed by atoms with Crippen molar-refractivity contribution in [2.24, 2.45) is 0 Å². The lowest BCUT2D eigenvalue weighted by Crippen LogP contribution is -2.17. The van der Waals surface area contributed by atoms with Gasteiger partial charge in [0.05, 0.1) is 11.6 Å². The zero-order chi connectivity index (χ0) is 15.6. The van der Waals surface area contributed by atoms with Gasteiger partial charge < -0.3 is 4.74 Å². The number of benzene rings is 2. The van der Waals surface area contributed by atoms with Gasteiger partial charge in [0, 0.05) is 11.1 Å². The van der Waals surface area contributed by atoms with Crippen LogP contribution in [0.2, 0.25) is 0 Å². The van der Waals surface area contributed by atoms with Gasteiger partial charge in [-0.3, -0.25) is 0 Å². The third-order valence-corrected chi connectivity index (χ3v) is 2.55. The summed E-state index contributed by atoms with van der Waals surface area (Å²) < 4.78 is 67.8. The van der Waals surface area contributed by atoms with Gasteiger partial charge in [-0.1, -0.05) is 0 Å². The molecule has 0 radical (unpaired) electrons. The summed E-state index contributed by atoms with van der Waals surface area (Å²) in [5.74, 6) is -2.49. The lowest BCUT2D eigenvalue weighted by atomic mass is 10.0. The maximum Gasteiger partial charge on any atom is 0.573 e. The van der Waals surface area contributed by atoms with Crippen molar-refractivity contribution in [3.05, 3.63) is 53.6 Å². The smallest absolute Gasteiger partial charge is 0.405 e. The molecule has 0 aliphatic heterocycles. The van der Waals surface area contributed by atoms with Gasteiger partial charge in [0.1, 0.15) is 17.4 Å². The molecule has 2 aromatic carbocycles. The Morgan fingerprint density at radius 3 is 2.29 bits per heavy atom. The van der Waals surface area contributed by atoms with Crippen molar-refractivity contribution in [1.29, 1.82) is 5.26 Å². The van der Waals surface area contributed by atoms with E-state index >= 15 is 0 Å². The Balaban J connectivity index is 2.62. The van der Waals surface area contributed by atoms with Crippen LogP contribution in [0.3, 0.4) is 0 Å². The molecule has 0 saturated heterocycles.